The molecular weight excluding hydrogens is 380 g/mol. The van der Waals surface area contributed by atoms with E-state index in [0.29, 0.717) is 18.0 Å². The van der Waals surface area contributed by atoms with E-state index in [0.717, 1.165) is 21.9 Å². The highest BCUT2D eigenvalue weighted by molar-refractivity contribution is 7.92. The molecule has 1 atom stereocenters. The first-order chi connectivity index (χ1) is 13.3. The first-order valence-electron chi connectivity index (χ1n) is 8.89. The van der Waals surface area contributed by atoms with Gasteiger partial charge in [-0.3, -0.25) is 9.10 Å². The topological polar surface area (TPSA) is 84.9 Å². The summed E-state index contributed by atoms with van der Waals surface area (Å²) in [6, 6.07) is 13.0. The van der Waals surface area contributed by atoms with E-state index in [1.165, 1.54) is 7.11 Å². The van der Waals surface area contributed by atoms with Crippen LogP contribution in [0.25, 0.3) is 0 Å². The van der Waals surface area contributed by atoms with Crippen molar-refractivity contribution < 1.29 is 22.7 Å². The molecule has 0 heterocycles. The van der Waals surface area contributed by atoms with Crippen molar-refractivity contribution in [2.75, 3.05) is 24.3 Å². The predicted molar refractivity (Wildman–Crippen MR) is 109 cm³/mol. The zero-order chi connectivity index (χ0) is 20.7. The summed E-state index contributed by atoms with van der Waals surface area (Å²) in [4.78, 5) is 12.6. The van der Waals surface area contributed by atoms with Gasteiger partial charge in [-0.05, 0) is 55.8 Å². The number of nitrogens with one attached hydrogen (secondary N) is 1. The second kappa shape index (κ2) is 9.45. The monoisotopic (exact) mass is 406 g/mol. The zero-order valence-electron chi connectivity index (χ0n) is 16.5. The van der Waals surface area contributed by atoms with E-state index in [-0.39, 0.29) is 6.54 Å². The Bertz CT molecular complexity index is 880. The van der Waals surface area contributed by atoms with Crippen LogP contribution in [0, 0.1) is 0 Å². The second-order valence-corrected chi connectivity index (χ2v) is 8.09. The molecule has 2 aromatic rings. The van der Waals surface area contributed by atoms with Crippen molar-refractivity contribution in [3.63, 3.8) is 0 Å². The van der Waals surface area contributed by atoms with Crippen molar-refractivity contribution in [3.8, 4) is 11.5 Å². The number of benzene rings is 2. The van der Waals surface area contributed by atoms with E-state index in [4.69, 9.17) is 9.47 Å². The fraction of sp³-hybridized carbons (Fsp3) is 0.350. The Hall–Kier alpha value is -2.74. The van der Waals surface area contributed by atoms with Crippen LogP contribution in [0.4, 0.5) is 5.69 Å². The molecule has 0 spiro atoms. The van der Waals surface area contributed by atoms with Crippen molar-refractivity contribution >= 4 is 21.6 Å². The standard InChI is InChI=1S/C20H26N2O5S/c1-5-27-19-10-6-16(7-11-19)14-21-20(23)15(2)22(28(4,24)25)17-8-12-18(26-3)13-9-17/h6-13,15H,5,14H2,1-4H3,(H,21,23). The van der Waals surface area contributed by atoms with Gasteiger partial charge in [0, 0.05) is 6.54 Å². The Balaban J connectivity index is 2.10. The number of carbonyl (C=O) groups is 1. The smallest absolute Gasteiger partial charge is 0.243 e. The largest absolute Gasteiger partial charge is 0.497 e. The number of carbonyl (C=O) groups excluding carboxylic acids is 1. The highest BCUT2D eigenvalue weighted by Crippen LogP contribution is 2.24. The van der Waals surface area contributed by atoms with Gasteiger partial charge in [0.25, 0.3) is 0 Å². The number of methoxy groups -OCH3 is 1. The minimum absolute atomic E-state index is 0.287. The van der Waals surface area contributed by atoms with E-state index >= 15 is 0 Å². The molecule has 1 amide bonds. The summed E-state index contributed by atoms with van der Waals surface area (Å²) in [5.41, 5.74) is 1.28. The number of ether oxygens (including phenoxy) is 2. The maximum absolute atomic E-state index is 12.6. The van der Waals surface area contributed by atoms with Crippen molar-refractivity contribution in [2.24, 2.45) is 0 Å². The predicted octanol–water partition coefficient (Wildman–Crippen LogP) is 2.56. The summed E-state index contributed by atoms with van der Waals surface area (Å²) in [7, 11) is -2.13. The Kier molecular flexibility index (Phi) is 7.28. The lowest BCUT2D eigenvalue weighted by Gasteiger charge is -2.28. The van der Waals surface area contributed by atoms with Crippen LogP contribution in [0.5, 0.6) is 11.5 Å². The molecule has 0 aromatic heterocycles. The van der Waals surface area contributed by atoms with Gasteiger partial charge in [0.05, 0.1) is 25.7 Å². The summed E-state index contributed by atoms with van der Waals surface area (Å²) >= 11 is 0. The zero-order valence-corrected chi connectivity index (χ0v) is 17.3. The fourth-order valence-corrected chi connectivity index (χ4v) is 3.92. The Morgan fingerprint density at radius 3 is 2.14 bits per heavy atom. The second-order valence-electron chi connectivity index (χ2n) is 6.23. The van der Waals surface area contributed by atoms with Crippen LogP contribution in [-0.2, 0) is 21.4 Å². The lowest BCUT2D eigenvalue weighted by atomic mass is 10.2. The van der Waals surface area contributed by atoms with Crippen molar-refractivity contribution in [3.05, 3.63) is 54.1 Å². The Morgan fingerprint density at radius 1 is 1.07 bits per heavy atom. The van der Waals surface area contributed by atoms with Gasteiger partial charge < -0.3 is 14.8 Å². The molecule has 152 valence electrons. The van der Waals surface area contributed by atoms with E-state index in [1.54, 1.807) is 31.2 Å². The SMILES string of the molecule is CCOc1ccc(CNC(=O)C(C)N(c2ccc(OC)cc2)S(C)(=O)=O)cc1. The van der Waals surface area contributed by atoms with Crippen LogP contribution in [0.15, 0.2) is 48.5 Å². The molecule has 7 nitrogen and oxygen atoms in total. The molecule has 0 aliphatic heterocycles. The minimum atomic E-state index is -3.66. The molecule has 8 heteroatoms. The first kappa shape index (κ1) is 21.6. The third-order valence-electron chi connectivity index (χ3n) is 4.12. The van der Waals surface area contributed by atoms with E-state index in [1.807, 2.05) is 31.2 Å². The van der Waals surface area contributed by atoms with Crippen LogP contribution < -0.4 is 19.1 Å². The molecular formula is C20H26N2O5S. The van der Waals surface area contributed by atoms with Crippen LogP contribution in [0.2, 0.25) is 0 Å². The molecule has 1 unspecified atom stereocenters. The summed E-state index contributed by atoms with van der Waals surface area (Å²) in [6.45, 7) is 4.33. The average Bonchev–Trinajstić information content (AvgIpc) is 2.67. The van der Waals surface area contributed by atoms with Gasteiger partial charge in [0.2, 0.25) is 15.9 Å². The average molecular weight is 407 g/mol. The van der Waals surface area contributed by atoms with Crippen LogP contribution in [0.1, 0.15) is 19.4 Å². The number of hydrogen-bond donors (Lipinski definition) is 1. The molecule has 0 bridgehead atoms. The van der Waals surface area contributed by atoms with Crippen LogP contribution in [0.3, 0.4) is 0 Å². The van der Waals surface area contributed by atoms with Gasteiger partial charge >= 0.3 is 0 Å². The molecule has 2 rings (SSSR count). The number of rotatable bonds is 9. The molecule has 0 saturated carbocycles. The normalized spacial score (nSPS) is 12.1. The number of nitrogens with zero attached hydrogens (tertiary/aromatic N) is 1. The molecule has 1 N–H and O–H groups in total. The van der Waals surface area contributed by atoms with E-state index < -0.39 is 22.0 Å². The van der Waals surface area contributed by atoms with Gasteiger partial charge in [0.1, 0.15) is 17.5 Å². The van der Waals surface area contributed by atoms with E-state index in [9.17, 15) is 13.2 Å². The molecule has 0 aliphatic rings. The maximum Gasteiger partial charge on any atom is 0.243 e. The third-order valence-corrected chi connectivity index (χ3v) is 5.36. The molecule has 2 aromatic carbocycles. The Morgan fingerprint density at radius 2 is 1.64 bits per heavy atom. The quantitative estimate of drug-likeness (QED) is 0.692. The highest BCUT2D eigenvalue weighted by atomic mass is 32.2. The molecule has 0 aliphatic carbocycles. The van der Waals surface area contributed by atoms with Crippen molar-refractivity contribution in [2.45, 2.75) is 26.4 Å². The Labute approximate surface area is 166 Å². The minimum Gasteiger partial charge on any atom is -0.497 e. The van der Waals surface area contributed by atoms with Crippen molar-refractivity contribution in [1.29, 1.82) is 0 Å². The third kappa shape index (κ3) is 5.63. The van der Waals surface area contributed by atoms with Gasteiger partial charge in [-0.15, -0.1) is 0 Å². The number of hydrogen-bond acceptors (Lipinski definition) is 5. The number of sulfonamides is 1. The fourth-order valence-electron chi connectivity index (χ4n) is 2.75. The lowest BCUT2D eigenvalue weighted by molar-refractivity contribution is -0.122. The summed E-state index contributed by atoms with van der Waals surface area (Å²) in [5.74, 6) is 0.966. The highest BCUT2D eigenvalue weighted by Gasteiger charge is 2.29. The van der Waals surface area contributed by atoms with Gasteiger partial charge in [-0.2, -0.15) is 0 Å². The summed E-state index contributed by atoms with van der Waals surface area (Å²) < 4.78 is 36.2. The lowest BCUT2D eigenvalue weighted by Crippen LogP contribution is -2.47. The molecule has 0 fully saturated rings. The summed E-state index contributed by atoms with van der Waals surface area (Å²) in [6.07, 6.45) is 1.08. The van der Waals surface area contributed by atoms with Gasteiger partial charge in [-0.25, -0.2) is 8.42 Å². The van der Waals surface area contributed by atoms with E-state index in [2.05, 4.69) is 5.32 Å². The maximum atomic E-state index is 12.6. The number of amides is 1. The summed E-state index contributed by atoms with van der Waals surface area (Å²) in [5, 5.41) is 2.78. The first-order valence-corrected chi connectivity index (χ1v) is 10.7. The van der Waals surface area contributed by atoms with Crippen LogP contribution in [-0.4, -0.2) is 40.3 Å². The van der Waals surface area contributed by atoms with Gasteiger partial charge in [0.15, 0.2) is 0 Å². The van der Waals surface area contributed by atoms with Gasteiger partial charge in [-0.1, -0.05) is 12.1 Å². The number of anilines is 1. The van der Waals surface area contributed by atoms with Crippen molar-refractivity contribution in [1.82, 2.24) is 5.32 Å². The molecule has 0 saturated heterocycles. The molecule has 0 radical (unpaired) electrons. The van der Waals surface area contributed by atoms with Crippen LogP contribution >= 0.6 is 0 Å². The molecule has 28 heavy (non-hydrogen) atoms.